The van der Waals surface area contributed by atoms with Crippen LogP contribution in [0.15, 0.2) is 29.3 Å². The first-order valence-electron chi connectivity index (χ1n) is 10.4. The molecule has 1 N–H and O–H groups in total. The summed E-state index contributed by atoms with van der Waals surface area (Å²) in [4.78, 5) is 33.1. The maximum atomic E-state index is 13.0. The second-order valence-electron chi connectivity index (χ2n) is 8.02. The molecule has 0 radical (unpaired) electrons. The van der Waals surface area contributed by atoms with E-state index in [-0.39, 0.29) is 30.9 Å². The van der Waals surface area contributed by atoms with Gasteiger partial charge in [0.15, 0.2) is 0 Å². The predicted molar refractivity (Wildman–Crippen MR) is 123 cm³/mol. The highest BCUT2D eigenvalue weighted by molar-refractivity contribution is 7.17. The summed E-state index contributed by atoms with van der Waals surface area (Å²) in [5.41, 5.74) is 3.65. The second-order valence-corrected chi connectivity index (χ2v) is 9.66. The standard InChI is InChI=1S/C23H26ClN3O2S/c1-14-15(2)30-23-21(14)22(16-7-6-8-17(24)11-16)25-12-20(29)27(23)13-19(28)26-18-9-4-3-5-10-18/h6-8,11,18H,3-5,9-10,12-13H2,1-2H3,(H,26,28). The van der Waals surface area contributed by atoms with Gasteiger partial charge in [0.25, 0.3) is 0 Å². The minimum atomic E-state index is -0.159. The summed E-state index contributed by atoms with van der Waals surface area (Å²) < 4.78 is 0. The molecule has 0 bridgehead atoms. The molecular formula is C23H26ClN3O2S. The van der Waals surface area contributed by atoms with Crippen LogP contribution in [-0.4, -0.2) is 36.7 Å². The number of anilines is 1. The summed E-state index contributed by atoms with van der Waals surface area (Å²) in [5, 5.41) is 4.55. The molecule has 1 fully saturated rings. The highest BCUT2D eigenvalue weighted by Gasteiger charge is 2.31. The Morgan fingerprint density at radius 1 is 1.27 bits per heavy atom. The summed E-state index contributed by atoms with van der Waals surface area (Å²) in [7, 11) is 0. The van der Waals surface area contributed by atoms with E-state index in [1.165, 1.54) is 6.42 Å². The van der Waals surface area contributed by atoms with Crippen molar-refractivity contribution >= 4 is 45.5 Å². The van der Waals surface area contributed by atoms with Crippen LogP contribution in [0, 0.1) is 13.8 Å². The Morgan fingerprint density at radius 3 is 2.77 bits per heavy atom. The highest BCUT2D eigenvalue weighted by atomic mass is 35.5. The molecule has 2 amide bonds. The Balaban J connectivity index is 1.66. The van der Waals surface area contributed by atoms with Crippen LogP contribution < -0.4 is 10.2 Å². The lowest BCUT2D eigenvalue weighted by atomic mass is 9.95. The first-order chi connectivity index (χ1) is 14.4. The maximum Gasteiger partial charge on any atom is 0.249 e. The summed E-state index contributed by atoms with van der Waals surface area (Å²) >= 11 is 7.76. The SMILES string of the molecule is Cc1sc2c(c1C)C(c1cccc(Cl)c1)=NCC(=O)N2CC(=O)NC1CCCCC1. The van der Waals surface area contributed by atoms with E-state index in [1.54, 1.807) is 16.2 Å². The van der Waals surface area contributed by atoms with Gasteiger partial charge in [0.1, 0.15) is 18.1 Å². The number of nitrogens with one attached hydrogen (secondary N) is 1. The third-order valence-corrected chi connectivity index (χ3v) is 7.36. The van der Waals surface area contributed by atoms with Crippen LogP contribution in [0.2, 0.25) is 5.02 Å². The number of amides is 2. The zero-order valence-electron chi connectivity index (χ0n) is 17.3. The minimum Gasteiger partial charge on any atom is -0.352 e. The molecule has 2 aliphatic rings. The van der Waals surface area contributed by atoms with Crippen molar-refractivity contribution in [2.45, 2.75) is 52.0 Å². The van der Waals surface area contributed by atoms with Crippen LogP contribution >= 0.6 is 22.9 Å². The third kappa shape index (κ3) is 4.30. The Labute approximate surface area is 186 Å². The smallest absolute Gasteiger partial charge is 0.249 e. The molecule has 2 aromatic rings. The first-order valence-corrected chi connectivity index (χ1v) is 11.6. The summed E-state index contributed by atoms with van der Waals surface area (Å²) in [6, 6.07) is 7.75. The molecule has 5 nitrogen and oxygen atoms in total. The molecule has 1 aromatic carbocycles. The number of fused-ring (bicyclic) bond motifs is 1. The molecule has 4 rings (SSSR count). The number of halogens is 1. The highest BCUT2D eigenvalue weighted by Crippen LogP contribution is 2.38. The van der Waals surface area contributed by atoms with E-state index in [2.05, 4.69) is 10.3 Å². The Hall–Kier alpha value is -2.18. The van der Waals surface area contributed by atoms with Crippen molar-refractivity contribution in [3.63, 3.8) is 0 Å². The molecule has 0 atom stereocenters. The summed E-state index contributed by atoms with van der Waals surface area (Å²) in [6.45, 7) is 4.12. The van der Waals surface area contributed by atoms with Crippen molar-refractivity contribution < 1.29 is 9.59 Å². The van der Waals surface area contributed by atoms with Crippen LogP contribution in [0.25, 0.3) is 0 Å². The maximum absolute atomic E-state index is 13.0. The summed E-state index contributed by atoms with van der Waals surface area (Å²) in [6.07, 6.45) is 5.57. The van der Waals surface area contributed by atoms with E-state index in [0.717, 1.165) is 58.0 Å². The lowest BCUT2D eigenvalue weighted by Crippen LogP contribution is -2.45. The molecule has 30 heavy (non-hydrogen) atoms. The van der Waals surface area contributed by atoms with E-state index in [1.807, 2.05) is 38.1 Å². The third-order valence-electron chi connectivity index (χ3n) is 5.89. The Morgan fingerprint density at radius 2 is 2.03 bits per heavy atom. The molecule has 2 heterocycles. The number of hydrogen-bond acceptors (Lipinski definition) is 4. The fraction of sp³-hybridized carbons (Fsp3) is 0.435. The Kier molecular flexibility index (Phi) is 6.25. The Bertz CT molecular complexity index is 1010. The van der Waals surface area contributed by atoms with Gasteiger partial charge in [-0.2, -0.15) is 0 Å². The number of benzene rings is 1. The van der Waals surface area contributed by atoms with E-state index in [4.69, 9.17) is 11.6 Å². The molecule has 0 saturated heterocycles. The average Bonchev–Trinajstić information content (AvgIpc) is 2.94. The molecule has 0 spiro atoms. The molecular weight excluding hydrogens is 418 g/mol. The van der Waals surface area contributed by atoms with Gasteiger partial charge in [0.05, 0.1) is 5.71 Å². The van der Waals surface area contributed by atoms with Gasteiger partial charge in [-0.1, -0.05) is 43.0 Å². The van der Waals surface area contributed by atoms with E-state index in [0.29, 0.717) is 5.02 Å². The normalized spacial score (nSPS) is 17.4. The van der Waals surface area contributed by atoms with Crippen molar-refractivity contribution in [3.8, 4) is 0 Å². The van der Waals surface area contributed by atoms with Crippen LogP contribution in [0.1, 0.15) is 53.7 Å². The number of aliphatic imine (C=N–C) groups is 1. The van der Waals surface area contributed by atoms with Crippen molar-refractivity contribution in [1.29, 1.82) is 0 Å². The molecule has 1 aliphatic heterocycles. The predicted octanol–water partition coefficient (Wildman–Crippen LogP) is 4.65. The van der Waals surface area contributed by atoms with Crippen LogP contribution in [0.5, 0.6) is 0 Å². The molecule has 1 aliphatic carbocycles. The average molecular weight is 444 g/mol. The van der Waals surface area contributed by atoms with Gasteiger partial charge in [-0.3, -0.25) is 19.5 Å². The number of hydrogen-bond donors (Lipinski definition) is 1. The fourth-order valence-corrected chi connectivity index (χ4v) is 5.56. The largest absolute Gasteiger partial charge is 0.352 e. The van der Waals surface area contributed by atoms with E-state index in [9.17, 15) is 9.59 Å². The van der Waals surface area contributed by atoms with Crippen molar-refractivity contribution in [2.24, 2.45) is 4.99 Å². The number of carbonyl (C=O) groups excluding carboxylic acids is 2. The van der Waals surface area contributed by atoms with Gasteiger partial charge in [-0.15, -0.1) is 11.3 Å². The number of carbonyl (C=O) groups is 2. The van der Waals surface area contributed by atoms with Gasteiger partial charge in [-0.25, -0.2) is 0 Å². The zero-order chi connectivity index (χ0) is 21.3. The van der Waals surface area contributed by atoms with Gasteiger partial charge in [-0.05, 0) is 44.4 Å². The van der Waals surface area contributed by atoms with Crippen molar-refractivity contribution in [2.75, 3.05) is 18.0 Å². The van der Waals surface area contributed by atoms with Crippen molar-refractivity contribution in [1.82, 2.24) is 5.32 Å². The van der Waals surface area contributed by atoms with E-state index >= 15 is 0 Å². The number of aryl methyl sites for hydroxylation is 1. The topological polar surface area (TPSA) is 61.8 Å². The molecule has 0 unspecified atom stereocenters. The van der Waals surface area contributed by atoms with Gasteiger partial charge < -0.3 is 5.32 Å². The minimum absolute atomic E-state index is 0.0123. The van der Waals surface area contributed by atoms with Crippen molar-refractivity contribution in [3.05, 3.63) is 50.9 Å². The van der Waals surface area contributed by atoms with Crippen LogP contribution in [0.3, 0.4) is 0 Å². The number of nitrogens with zero attached hydrogens (tertiary/aromatic N) is 2. The first kappa shape index (κ1) is 21.1. The van der Waals surface area contributed by atoms with Crippen LogP contribution in [0.4, 0.5) is 5.00 Å². The molecule has 158 valence electrons. The lowest BCUT2D eigenvalue weighted by Gasteiger charge is -2.25. The molecule has 1 aromatic heterocycles. The second kappa shape index (κ2) is 8.90. The fourth-order valence-electron chi connectivity index (χ4n) is 4.20. The zero-order valence-corrected chi connectivity index (χ0v) is 18.9. The van der Waals surface area contributed by atoms with Gasteiger partial charge in [0.2, 0.25) is 11.8 Å². The quantitative estimate of drug-likeness (QED) is 0.747. The van der Waals surface area contributed by atoms with Gasteiger partial charge >= 0.3 is 0 Å². The molecule has 7 heteroatoms. The molecule has 1 saturated carbocycles. The number of thiophene rings is 1. The monoisotopic (exact) mass is 443 g/mol. The van der Waals surface area contributed by atoms with Crippen LogP contribution in [-0.2, 0) is 9.59 Å². The van der Waals surface area contributed by atoms with Gasteiger partial charge in [0, 0.05) is 27.1 Å². The lowest BCUT2D eigenvalue weighted by molar-refractivity contribution is -0.123. The van der Waals surface area contributed by atoms with E-state index < -0.39 is 0 Å². The summed E-state index contributed by atoms with van der Waals surface area (Å²) in [5.74, 6) is -0.260. The number of rotatable bonds is 4.